The SMILES string of the molecule is OCC[NH+]1CCN(c2nc3sc4c(c3c3ncnn23)CCCC4)CC1. The van der Waals surface area contributed by atoms with Crippen LogP contribution in [0.5, 0.6) is 0 Å². The van der Waals surface area contributed by atoms with E-state index in [1.807, 2.05) is 15.9 Å². The second kappa shape index (κ2) is 6.19. The van der Waals surface area contributed by atoms with Crippen molar-refractivity contribution >= 4 is 33.1 Å². The summed E-state index contributed by atoms with van der Waals surface area (Å²) in [5.74, 6) is 0.918. The summed E-state index contributed by atoms with van der Waals surface area (Å²) in [7, 11) is 0. The van der Waals surface area contributed by atoms with Crippen LogP contribution in [-0.4, -0.2) is 64.0 Å². The van der Waals surface area contributed by atoms with Gasteiger partial charge in [0.2, 0.25) is 5.95 Å². The lowest BCUT2D eigenvalue weighted by atomic mass is 9.97. The normalized spacial score (nSPS) is 19.0. The smallest absolute Gasteiger partial charge is 0.230 e. The van der Waals surface area contributed by atoms with Crippen LogP contribution in [-0.2, 0) is 12.8 Å². The fourth-order valence-electron chi connectivity index (χ4n) is 4.19. The van der Waals surface area contributed by atoms with Crippen LogP contribution in [0.4, 0.5) is 5.95 Å². The quantitative estimate of drug-likeness (QED) is 0.684. The monoisotopic (exact) mass is 359 g/mol. The van der Waals surface area contributed by atoms with Crippen molar-refractivity contribution in [3.63, 3.8) is 0 Å². The first-order chi connectivity index (χ1) is 12.3. The highest BCUT2D eigenvalue weighted by Crippen LogP contribution is 2.38. The average Bonchev–Trinajstić information content (AvgIpc) is 3.26. The number of aromatic nitrogens is 4. The predicted octanol–water partition coefficient (Wildman–Crippen LogP) is -0.0850. The molecule has 2 N–H and O–H groups in total. The summed E-state index contributed by atoms with van der Waals surface area (Å²) in [6, 6.07) is 0. The fourth-order valence-corrected chi connectivity index (χ4v) is 5.44. The first-order valence-corrected chi connectivity index (χ1v) is 10.00. The molecule has 132 valence electrons. The summed E-state index contributed by atoms with van der Waals surface area (Å²) in [4.78, 5) is 16.0. The standard InChI is InChI=1S/C17H22N6OS/c24-10-9-21-5-7-22(8-6-21)17-20-16-14(15-18-11-19-23(15)17)12-3-1-2-4-13(12)25-16/h11,24H,1-10H2/p+1. The van der Waals surface area contributed by atoms with Crippen LogP contribution in [0, 0.1) is 0 Å². The summed E-state index contributed by atoms with van der Waals surface area (Å²) in [5, 5.41) is 14.9. The molecule has 1 fully saturated rings. The molecule has 0 aromatic carbocycles. The van der Waals surface area contributed by atoms with E-state index in [0.29, 0.717) is 0 Å². The molecule has 7 nitrogen and oxygen atoms in total. The van der Waals surface area contributed by atoms with Crippen molar-refractivity contribution in [2.45, 2.75) is 25.7 Å². The van der Waals surface area contributed by atoms with Gasteiger partial charge in [-0.25, -0.2) is 9.97 Å². The molecule has 3 aromatic heterocycles. The summed E-state index contributed by atoms with van der Waals surface area (Å²) in [6.07, 6.45) is 6.51. The zero-order valence-electron chi connectivity index (χ0n) is 14.2. The lowest BCUT2D eigenvalue weighted by molar-refractivity contribution is -0.900. The largest absolute Gasteiger partial charge is 0.391 e. The lowest BCUT2D eigenvalue weighted by Gasteiger charge is -2.32. The Hall–Kier alpha value is -1.77. The third-order valence-electron chi connectivity index (χ3n) is 5.53. The van der Waals surface area contributed by atoms with Gasteiger partial charge in [0.15, 0.2) is 5.65 Å². The van der Waals surface area contributed by atoms with Crippen molar-refractivity contribution in [3.05, 3.63) is 16.8 Å². The van der Waals surface area contributed by atoms with E-state index in [1.54, 1.807) is 6.33 Å². The molecule has 8 heteroatoms. The summed E-state index contributed by atoms with van der Waals surface area (Å²) < 4.78 is 1.93. The first kappa shape index (κ1) is 15.5. The molecular formula is C17H23N6OS+. The Bertz CT molecular complexity index is 911. The van der Waals surface area contributed by atoms with E-state index in [0.717, 1.165) is 55.6 Å². The average molecular weight is 359 g/mol. The number of aliphatic hydroxyl groups excluding tert-OH is 1. The second-order valence-corrected chi connectivity index (χ2v) is 8.09. The van der Waals surface area contributed by atoms with Gasteiger partial charge in [-0.3, -0.25) is 0 Å². The molecule has 4 heterocycles. The molecule has 0 radical (unpaired) electrons. The Morgan fingerprint density at radius 3 is 2.88 bits per heavy atom. The van der Waals surface area contributed by atoms with E-state index < -0.39 is 0 Å². The second-order valence-electron chi connectivity index (χ2n) is 7.01. The fraction of sp³-hybridized carbons (Fsp3) is 0.588. The van der Waals surface area contributed by atoms with Crippen molar-refractivity contribution in [3.8, 4) is 0 Å². The molecule has 5 rings (SSSR count). The molecule has 1 aliphatic carbocycles. The number of hydrogen-bond donors (Lipinski definition) is 2. The highest BCUT2D eigenvalue weighted by atomic mass is 32.1. The number of fused-ring (bicyclic) bond motifs is 5. The Balaban J connectivity index is 1.58. The molecule has 1 aliphatic heterocycles. The molecule has 0 spiro atoms. The topological polar surface area (TPSA) is 71.0 Å². The van der Waals surface area contributed by atoms with Crippen LogP contribution >= 0.6 is 11.3 Å². The van der Waals surface area contributed by atoms with Gasteiger partial charge in [-0.05, 0) is 31.2 Å². The van der Waals surface area contributed by atoms with Crippen molar-refractivity contribution in [2.75, 3.05) is 44.2 Å². The molecule has 0 atom stereocenters. The maximum Gasteiger partial charge on any atom is 0.230 e. The van der Waals surface area contributed by atoms with Crippen molar-refractivity contribution in [2.24, 2.45) is 0 Å². The van der Waals surface area contributed by atoms with Gasteiger partial charge in [0, 0.05) is 4.88 Å². The van der Waals surface area contributed by atoms with E-state index in [-0.39, 0.29) is 6.61 Å². The maximum atomic E-state index is 9.15. The number of aliphatic hydroxyl groups is 1. The highest BCUT2D eigenvalue weighted by molar-refractivity contribution is 7.19. The van der Waals surface area contributed by atoms with Gasteiger partial charge in [0.05, 0.1) is 38.2 Å². The number of nitrogens with one attached hydrogen (secondary N) is 1. The zero-order valence-corrected chi connectivity index (χ0v) is 15.1. The van der Waals surface area contributed by atoms with E-state index in [4.69, 9.17) is 10.1 Å². The van der Waals surface area contributed by atoms with E-state index >= 15 is 0 Å². The van der Waals surface area contributed by atoms with Crippen LogP contribution in [0.15, 0.2) is 6.33 Å². The van der Waals surface area contributed by atoms with Crippen LogP contribution in [0.1, 0.15) is 23.3 Å². The van der Waals surface area contributed by atoms with Crippen molar-refractivity contribution in [1.29, 1.82) is 0 Å². The van der Waals surface area contributed by atoms with Crippen LogP contribution in [0.25, 0.3) is 15.9 Å². The Morgan fingerprint density at radius 1 is 1.20 bits per heavy atom. The molecule has 3 aromatic rings. The van der Waals surface area contributed by atoms with E-state index in [2.05, 4.69) is 15.0 Å². The van der Waals surface area contributed by atoms with Crippen molar-refractivity contribution < 1.29 is 10.0 Å². The zero-order chi connectivity index (χ0) is 16.8. The molecule has 0 bridgehead atoms. The molecule has 0 unspecified atom stereocenters. The highest BCUT2D eigenvalue weighted by Gasteiger charge is 2.26. The number of rotatable bonds is 3. The van der Waals surface area contributed by atoms with Gasteiger partial charge in [-0.15, -0.1) is 11.3 Å². The predicted molar refractivity (Wildman–Crippen MR) is 97.7 cm³/mol. The van der Waals surface area contributed by atoms with Gasteiger partial charge < -0.3 is 14.9 Å². The molecule has 1 saturated heterocycles. The summed E-state index contributed by atoms with van der Waals surface area (Å²) in [6.45, 7) is 5.01. The number of aryl methyl sites for hydroxylation is 2. The number of piperazine rings is 1. The van der Waals surface area contributed by atoms with Crippen LogP contribution in [0.2, 0.25) is 0 Å². The maximum absolute atomic E-state index is 9.15. The Kier molecular flexibility index (Phi) is 3.83. The van der Waals surface area contributed by atoms with Gasteiger partial charge in [0.1, 0.15) is 17.7 Å². The summed E-state index contributed by atoms with van der Waals surface area (Å²) in [5.41, 5.74) is 2.42. The number of thiophene rings is 1. The van der Waals surface area contributed by atoms with E-state index in [1.165, 1.54) is 40.0 Å². The number of quaternary nitrogens is 1. The number of nitrogens with zero attached hydrogens (tertiary/aromatic N) is 5. The van der Waals surface area contributed by atoms with E-state index in [9.17, 15) is 0 Å². The van der Waals surface area contributed by atoms with Gasteiger partial charge in [0.25, 0.3) is 0 Å². The minimum atomic E-state index is 0.258. The third-order valence-corrected chi connectivity index (χ3v) is 6.72. The number of anilines is 1. The number of hydrogen-bond acceptors (Lipinski definition) is 6. The van der Waals surface area contributed by atoms with Crippen molar-refractivity contribution in [1.82, 2.24) is 19.6 Å². The first-order valence-electron chi connectivity index (χ1n) is 9.18. The molecular weight excluding hydrogens is 336 g/mol. The Labute approximate surface area is 149 Å². The van der Waals surface area contributed by atoms with Gasteiger partial charge in [-0.2, -0.15) is 9.61 Å². The minimum absolute atomic E-state index is 0.258. The molecule has 0 amide bonds. The van der Waals surface area contributed by atoms with Crippen LogP contribution in [0.3, 0.4) is 0 Å². The minimum Gasteiger partial charge on any atom is -0.391 e. The van der Waals surface area contributed by atoms with Gasteiger partial charge in [-0.1, -0.05) is 0 Å². The molecule has 2 aliphatic rings. The third kappa shape index (κ3) is 2.51. The molecule has 25 heavy (non-hydrogen) atoms. The van der Waals surface area contributed by atoms with Crippen LogP contribution < -0.4 is 9.80 Å². The lowest BCUT2D eigenvalue weighted by Crippen LogP contribution is -3.15. The van der Waals surface area contributed by atoms with Gasteiger partial charge >= 0.3 is 0 Å². The molecule has 0 saturated carbocycles. The summed E-state index contributed by atoms with van der Waals surface area (Å²) >= 11 is 1.85. The Morgan fingerprint density at radius 2 is 2.04 bits per heavy atom.